The number of amides is 1. The molecule has 1 unspecified atom stereocenters. The minimum atomic E-state index is -0.247. The number of rotatable bonds is 7. The Morgan fingerprint density at radius 1 is 1.35 bits per heavy atom. The Labute approximate surface area is 152 Å². The van der Waals surface area contributed by atoms with E-state index >= 15 is 0 Å². The number of benzene rings is 1. The van der Waals surface area contributed by atoms with Gasteiger partial charge in [-0.1, -0.05) is 18.2 Å². The van der Waals surface area contributed by atoms with Gasteiger partial charge in [0.15, 0.2) is 0 Å². The van der Waals surface area contributed by atoms with Crippen LogP contribution in [0.1, 0.15) is 34.6 Å². The van der Waals surface area contributed by atoms with E-state index in [0.29, 0.717) is 42.4 Å². The molecule has 26 heavy (non-hydrogen) atoms. The number of nitrogens with zero attached hydrogens (tertiary/aromatic N) is 2. The topological polar surface area (TPSA) is 76.1 Å². The fraction of sp³-hybridized carbons (Fsp3) is 0.421. The van der Waals surface area contributed by atoms with Gasteiger partial charge in [0, 0.05) is 25.4 Å². The van der Waals surface area contributed by atoms with Gasteiger partial charge < -0.3 is 15.4 Å². The highest BCUT2D eigenvalue weighted by atomic mass is 19.1. The smallest absolute Gasteiger partial charge is 0.270 e. The quantitative estimate of drug-likeness (QED) is 0.795. The summed E-state index contributed by atoms with van der Waals surface area (Å²) in [7, 11) is 0. The monoisotopic (exact) mass is 358 g/mol. The summed E-state index contributed by atoms with van der Waals surface area (Å²) in [4.78, 5) is 20.9. The molecular weight excluding hydrogens is 335 g/mol. The minimum absolute atomic E-state index is 0.0836. The summed E-state index contributed by atoms with van der Waals surface area (Å²) in [6.45, 7) is 3.52. The van der Waals surface area contributed by atoms with Crippen molar-refractivity contribution in [2.24, 2.45) is 0 Å². The molecule has 1 fully saturated rings. The zero-order chi connectivity index (χ0) is 18.4. The molecule has 1 saturated heterocycles. The molecule has 2 N–H and O–H groups in total. The number of halogens is 1. The first-order valence-corrected chi connectivity index (χ1v) is 8.84. The van der Waals surface area contributed by atoms with E-state index in [2.05, 4.69) is 20.6 Å². The van der Waals surface area contributed by atoms with Crippen LogP contribution >= 0.6 is 0 Å². The Morgan fingerprint density at radius 2 is 2.19 bits per heavy atom. The summed E-state index contributed by atoms with van der Waals surface area (Å²) in [6.07, 6.45) is 2.58. The molecule has 138 valence electrons. The van der Waals surface area contributed by atoms with Gasteiger partial charge in [0.25, 0.3) is 5.91 Å². The number of anilines is 1. The molecular formula is C19H23FN4O2. The molecule has 1 aromatic heterocycles. The highest BCUT2D eigenvalue weighted by Crippen LogP contribution is 2.12. The lowest BCUT2D eigenvalue weighted by atomic mass is 10.1. The van der Waals surface area contributed by atoms with E-state index in [1.165, 1.54) is 6.07 Å². The molecule has 1 amide bonds. The Kier molecular flexibility index (Phi) is 6.12. The van der Waals surface area contributed by atoms with Crippen molar-refractivity contribution in [1.82, 2.24) is 15.3 Å². The second-order valence-corrected chi connectivity index (χ2v) is 6.33. The van der Waals surface area contributed by atoms with Crippen LogP contribution < -0.4 is 10.6 Å². The normalized spacial score (nSPS) is 16.5. The van der Waals surface area contributed by atoms with Gasteiger partial charge in [0.1, 0.15) is 11.5 Å². The van der Waals surface area contributed by atoms with Crippen LogP contribution in [-0.2, 0) is 11.2 Å². The van der Waals surface area contributed by atoms with Crippen LogP contribution in [0, 0.1) is 12.7 Å². The number of hydrogen-bond acceptors (Lipinski definition) is 5. The van der Waals surface area contributed by atoms with E-state index in [0.717, 1.165) is 19.4 Å². The van der Waals surface area contributed by atoms with Gasteiger partial charge in [-0.05, 0) is 43.9 Å². The Hall–Kier alpha value is -2.54. The molecule has 2 aromatic rings. The molecule has 0 aliphatic carbocycles. The maximum absolute atomic E-state index is 13.6. The van der Waals surface area contributed by atoms with Gasteiger partial charge in [-0.25, -0.2) is 14.4 Å². The number of hydrogen-bond donors (Lipinski definition) is 2. The third-order valence-corrected chi connectivity index (χ3v) is 4.24. The van der Waals surface area contributed by atoms with Crippen LogP contribution in [0.4, 0.5) is 10.3 Å². The van der Waals surface area contributed by atoms with Crippen LogP contribution in [0.5, 0.6) is 0 Å². The Balaban J connectivity index is 1.56. The van der Waals surface area contributed by atoms with Crippen LogP contribution in [0.2, 0.25) is 0 Å². The van der Waals surface area contributed by atoms with Gasteiger partial charge in [0.05, 0.1) is 6.10 Å². The van der Waals surface area contributed by atoms with E-state index in [9.17, 15) is 9.18 Å². The van der Waals surface area contributed by atoms with Gasteiger partial charge in [-0.15, -0.1) is 0 Å². The van der Waals surface area contributed by atoms with Crippen molar-refractivity contribution >= 4 is 11.9 Å². The van der Waals surface area contributed by atoms with E-state index < -0.39 is 0 Å². The van der Waals surface area contributed by atoms with Crippen molar-refractivity contribution in [2.45, 2.75) is 32.3 Å². The fourth-order valence-electron chi connectivity index (χ4n) is 2.88. The summed E-state index contributed by atoms with van der Waals surface area (Å²) in [6, 6.07) is 8.30. The maximum Gasteiger partial charge on any atom is 0.270 e. The summed E-state index contributed by atoms with van der Waals surface area (Å²) in [5, 5.41) is 5.91. The zero-order valence-electron chi connectivity index (χ0n) is 14.8. The Bertz CT molecular complexity index is 763. The van der Waals surface area contributed by atoms with E-state index in [1.807, 2.05) is 0 Å². The number of carbonyl (C=O) groups is 1. The number of nitrogens with one attached hydrogen (secondary N) is 2. The molecule has 0 bridgehead atoms. The summed E-state index contributed by atoms with van der Waals surface area (Å²) in [5.41, 5.74) is 1.63. The second kappa shape index (κ2) is 8.71. The predicted octanol–water partition coefficient (Wildman–Crippen LogP) is 2.49. The SMILES string of the molecule is Cc1cc(C(=O)NCC2CCCO2)nc(NCCc2ccccc2F)n1. The first-order chi connectivity index (χ1) is 12.6. The third kappa shape index (κ3) is 4.98. The lowest BCUT2D eigenvalue weighted by Gasteiger charge is -2.12. The van der Waals surface area contributed by atoms with Crippen molar-refractivity contribution < 1.29 is 13.9 Å². The number of aromatic nitrogens is 2. The summed E-state index contributed by atoms with van der Waals surface area (Å²) < 4.78 is 19.1. The van der Waals surface area contributed by atoms with Crippen molar-refractivity contribution in [3.63, 3.8) is 0 Å². The van der Waals surface area contributed by atoms with Crippen molar-refractivity contribution in [3.05, 3.63) is 53.1 Å². The van der Waals surface area contributed by atoms with E-state index in [-0.39, 0.29) is 17.8 Å². The average molecular weight is 358 g/mol. The maximum atomic E-state index is 13.6. The molecule has 1 aliphatic heterocycles. The molecule has 1 aromatic carbocycles. The molecule has 0 spiro atoms. The fourth-order valence-corrected chi connectivity index (χ4v) is 2.88. The predicted molar refractivity (Wildman–Crippen MR) is 96.7 cm³/mol. The van der Waals surface area contributed by atoms with Crippen molar-refractivity contribution in [1.29, 1.82) is 0 Å². The molecule has 3 rings (SSSR count). The van der Waals surface area contributed by atoms with Crippen LogP contribution in [0.25, 0.3) is 0 Å². The molecule has 2 heterocycles. The molecule has 0 saturated carbocycles. The van der Waals surface area contributed by atoms with Crippen molar-refractivity contribution in [2.75, 3.05) is 25.0 Å². The Morgan fingerprint density at radius 3 is 2.96 bits per heavy atom. The van der Waals surface area contributed by atoms with Crippen LogP contribution in [0.15, 0.2) is 30.3 Å². The molecule has 6 nitrogen and oxygen atoms in total. The standard InChI is InChI=1S/C19H23FN4O2/c1-13-11-17(18(25)22-12-15-6-4-10-26-15)24-19(23-13)21-9-8-14-5-2-3-7-16(14)20/h2-3,5,7,11,15H,4,6,8-10,12H2,1H3,(H,22,25)(H,21,23,24). The highest BCUT2D eigenvalue weighted by Gasteiger charge is 2.17. The molecule has 7 heteroatoms. The van der Waals surface area contributed by atoms with Gasteiger partial charge in [0.2, 0.25) is 5.95 Å². The van der Waals surface area contributed by atoms with E-state index in [4.69, 9.17) is 4.74 Å². The first kappa shape index (κ1) is 18.3. The zero-order valence-corrected chi connectivity index (χ0v) is 14.8. The second-order valence-electron chi connectivity index (χ2n) is 6.33. The summed E-state index contributed by atoms with van der Waals surface area (Å²) >= 11 is 0. The minimum Gasteiger partial charge on any atom is -0.376 e. The lowest BCUT2D eigenvalue weighted by Crippen LogP contribution is -2.32. The molecule has 0 radical (unpaired) electrons. The number of carbonyl (C=O) groups excluding carboxylic acids is 1. The number of aryl methyl sites for hydroxylation is 1. The molecule has 1 atom stereocenters. The van der Waals surface area contributed by atoms with Gasteiger partial charge >= 0.3 is 0 Å². The molecule has 1 aliphatic rings. The highest BCUT2D eigenvalue weighted by molar-refractivity contribution is 5.92. The first-order valence-electron chi connectivity index (χ1n) is 8.84. The largest absolute Gasteiger partial charge is 0.376 e. The van der Waals surface area contributed by atoms with Crippen LogP contribution in [-0.4, -0.2) is 41.7 Å². The van der Waals surface area contributed by atoms with Gasteiger partial charge in [-0.3, -0.25) is 4.79 Å². The third-order valence-electron chi connectivity index (χ3n) is 4.24. The average Bonchev–Trinajstić information content (AvgIpc) is 3.14. The van der Waals surface area contributed by atoms with Gasteiger partial charge in [-0.2, -0.15) is 0 Å². The van der Waals surface area contributed by atoms with Crippen molar-refractivity contribution in [3.8, 4) is 0 Å². The van der Waals surface area contributed by atoms with E-state index in [1.54, 1.807) is 31.2 Å². The van der Waals surface area contributed by atoms with Crippen LogP contribution in [0.3, 0.4) is 0 Å². The summed E-state index contributed by atoms with van der Waals surface area (Å²) in [5.74, 6) is -0.111. The number of ether oxygens (including phenoxy) is 1. The lowest BCUT2D eigenvalue weighted by molar-refractivity contribution is 0.0853.